The summed E-state index contributed by atoms with van der Waals surface area (Å²) >= 11 is 0. The van der Waals surface area contributed by atoms with E-state index < -0.39 is 0 Å². The lowest BCUT2D eigenvalue weighted by Gasteiger charge is -2.28. The minimum atomic E-state index is -0.292. The van der Waals surface area contributed by atoms with Crippen LogP contribution >= 0.6 is 0 Å². The Kier molecular flexibility index (Phi) is 6.09. The van der Waals surface area contributed by atoms with Crippen LogP contribution in [0.3, 0.4) is 0 Å². The molecule has 2 aromatic heterocycles. The van der Waals surface area contributed by atoms with Crippen LogP contribution in [0.2, 0.25) is 0 Å². The Morgan fingerprint density at radius 2 is 1.88 bits per heavy atom. The molecule has 5 rings (SSSR count). The van der Waals surface area contributed by atoms with Crippen molar-refractivity contribution in [3.05, 3.63) is 79.5 Å². The third-order valence-electron chi connectivity index (χ3n) is 5.36. The van der Waals surface area contributed by atoms with Crippen LogP contribution in [0.25, 0.3) is 5.52 Å². The minimum Gasteiger partial charge on any atom is -0.437 e. The summed E-state index contributed by atoms with van der Waals surface area (Å²) in [5.74, 6) is 1.03. The number of nitrogens with one attached hydrogen (secondary N) is 2. The minimum absolute atomic E-state index is 0.292. The van der Waals surface area contributed by atoms with Crippen LogP contribution in [0.1, 0.15) is 0 Å². The number of aromatic nitrogens is 3. The number of carbonyl (C=O) groups excluding carboxylic acids is 1. The van der Waals surface area contributed by atoms with Gasteiger partial charge < -0.3 is 25.0 Å². The molecule has 1 fully saturated rings. The van der Waals surface area contributed by atoms with Gasteiger partial charge in [-0.2, -0.15) is 4.98 Å². The van der Waals surface area contributed by atoms with Gasteiger partial charge in [0.25, 0.3) is 0 Å². The van der Waals surface area contributed by atoms with E-state index in [4.69, 9.17) is 9.47 Å². The highest BCUT2D eigenvalue weighted by atomic mass is 16.5. The van der Waals surface area contributed by atoms with Crippen molar-refractivity contribution < 1.29 is 14.3 Å². The number of hydrogen-bond donors (Lipinski definition) is 2. The number of nitrogens with zero attached hydrogens (tertiary/aromatic N) is 4. The Labute approximate surface area is 196 Å². The molecule has 9 heteroatoms. The molecule has 0 bridgehead atoms. The molecule has 9 nitrogen and oxygen atoms in total. The molecule has 2 aromatic carbocycles. The normalized spacial score (nSPS) is 13.5. The molecule has 0 atom stereocenters. The summed E-state index contributed by atoms with van der Waals surface area (Å²) in [5.41, 5.74) is 3.34. The summed E-state index contributed by atoms with van der Waals surface area (Å²) in [5, 5.41) is 10.5. The monoisotopic (exact) mass is 456 g/mol. The number of anilines is 4. The molecule has 34 heavy (non-hydrogen) atoms. The first kappa shape index (κ1) is 21.5. The number of ether oxygens (including phenoxy) is 2. The fourth-order valence-electron chi connectivity index (χ4n) is 3.68. The molecule has 1 aliphatic heterocycles. The molecule has 3 heterocycles. The second kappa shape index (κ2) is 9.63. The molecule has 1 aliphatic rings. The van der Waals surface area contributed by atoms with E-state index in [-0.39, 0.29) is 5.91 Å². The Morgan fingerprint density at radius 3 is 2.68 bits per heavy atom. The Hall–Kier alpha value is -4.37. The predicted molar refractivity (Wildman–Crippen MR) is 131 cm³/mol. The van der Waals surface area contributed by atoms with E-state index in [1.807, 2.05) is 30.5 Å². The lowest BCUT2D eigenvalue weighted by molar-refractivity contribution is -0.111. The van der Waals surface area contributed by atoms with Crippen LogP contribution in [-0.2, 0) is 9.53 Å². The zero-order valence-corrected chi connectivity index (χ0v) is 18.5. The van der Waals surface area contributed by atoms with Crippen LogP contribution in [0.15, 0.2) is 79.5 Å². The molecule has 0 aliphatic carbocycles. The first-order chi connectivity index (χ1) is 16.7. The number of benzene rings is 2. The van der Waals surface area contributed by atoms with E-state index in [1.165, 1.54) is 6.08 Å². The Balaban J connectivity index is 1.36. The second-order valence-electron chi connectivity index (χ2n) is 7.67. The van der Waals surface area contributed by atoms with Crippen LogP contribution in [0, 0.1) is 0 Å². The first-order valence-corrected chi connectivity index (χ1v) is 10.9. The summed E-state index contributed by atoms with van der Waals surface area (Å²) in [6.07, 6.45) is 3.05. The number of hydrogen-bond acceptors (Lipinski definition) is 7. The molecule has 0 radical (unpaired) electrons. The van der Waals surface area contributed by atoms with Crippen molar-refractivity contribution in [3.63, 3.8) is 0 Å². The van der Waals surface area contributed by atoms with E-state index in [0.717, 1.165) is 37.7 Å². The number of morpholine rings is 1. The summed E-state index contributed by atoms with van der Waals surface area (Å²) in [4.78, 5) is 18.5. The quantitative estimate of drug-likeness (QED) is 0.402. The summed E-state index contributed by atoms with van der Waals surface area (Å²) in [6.45, 7) is 6.74. The second-order valence-corrected chi connectivity index (χ2v) is 7.67. The SMILES string of the molecule is C=CC(=O)Nc1cccc(Oc2nc(Nc3ccc(N4CCOCC4)cc3)nn3cccc23)c1. The predicted octanol–water partition coefficient (Wildman–Crippen LogP) is 4.23. The van der Waals surface area contributed by atoms with Crippen LogP contribution in [0.5, 0.6) is 11.6 Å². The first-order valence-electron chi connectivity index (χ1n) is 10.9. The van der Waals surface area contributed by atoms with E-state index >= 15 is 0 Å². The zero-order valence-electron chi connectivity index (χ0n) is 18.5. The maximum atomic E-state index is 11.6. The smallest absolute Gasteiger partial charge is 0.248 e. The molecule has 1 amide bonds. The molecular weight excluding hydrogens is 432 g/mol. The fourth-order valence-corrected chi connectivity index (χ4v) is 3.68. The highest BCUT2D eigenvalue weighted by molar-refractivity contribution is 5.98. The average Bonchev–Trinajstić information content (AvgIpc) is 3.34. The van der Waals surface area contributed by atoms with Crippen molar-refractivity contribution in [1.29, 1.82) is 0 Å². The molecule has 4 aromatic rings. The standard InChI is InChI=1S/C25H24N6O3/c1-2-23(32)26-19-5-3-6-21(17-19)34-24-22-7-4-12-31(22)29-25(28-24)27-18-8-10-20(11-9-18)30-13-15-33-16-14-30/h2-12,17H,1,13-16H2,(H,26,32)(H,27,29). The van der Waals surface area contributed by atoms with Crippen molar-refractivity contribution in [2.45, 2.75) is 0 Å². The third-order valence-corrected chi connectivity index (χ3v) is 5.36. The van der Waals surface area contributed by atoms with E-state index in [1.54, 1.807) is 28.8 Å². The lowest BCUT2D eigenvalue weighted by atomic mass is 10.2. The molecule has 0 saturated carbocycles. The van der Waals surface area contributed by atoms with Crippen molar-refractivity contribution in [1.82, 2.24) is 14.6 Å². The van der Waals surface area contributed by atoms with Gasteiger partial charge in [0, 0.05) is 42.4 Å². The topological polar surface area (TPSA) is 93.0 Å². The van der Waals surface area contributed by atoms with Crippen molar-refractivity contribution in [3.8, 4) is 11.6 Å². The summed E-state index contributed by atoms with van der Waals surface area (Å²) in [7, 11) is 0. The lowest BCUT2D eigenvalue weighted by Crippen LogP contribution is -2.36. The summed E-state index contributed by atoms with van der Waals surface area (Å²) < 4.78 is 13.2. The van der Waals surface area contributed by atoms with Crippen LogP contribution in [-0.4, -0.2) is 46.8 Å². The maximum absolute atomic E-state index is 11.6. The van der Waals surface area contributed by atoms with Gasteiger partial charge in [-0.1, -0.05) is 12.6 Å². The molecule has 2 N–H and O–H groups in total. The average molecular weight is 457 g/mol. The van der Waals surface area contributed by atoms with E-state index in [9.17, 15) is 4.79 Å². The fraction of sp³-hybridized carbons (Fsp3) is 0.160. The van der Waals surface area contributed by atoms with Crippen LogP contribution in [0.4, 0.5) is 23.0 Å². The van der Waals surface area contributed by atoms with Crippen molar-refractivity contribution in [2.24, 2.45) is 0 Å². The van der Waals surface area contributed by atoms with Crippen molar-refractivity contribution >= 4 is 34.4 Å². The van der Waals surface area contributed by atoms with Gasteiger partial charge in [-0.05, 0) is 54.6 Å². The van der Waals surface area contributed by atoms with Gasteiger partial charge in [0.2, 0.25) is 17.7 Å². The van der Waals surface area contributed by atoms with Gasteiger partial charge in [0.15, 0.2) is 0 Å². The highest BCUT2D eigenvalue weighted by Gasteiger charge is 2.13. The number of carbonyl (C=O) groups is 1. The molecule has 0 unspecified atom stereocenters. The van der Waals surface area contributed by atoms with Gasteiger partial charge in [-0.25, -0.2) is 4.52 Å². The van der Waals surface area contributed by atoms with Gasteiger partial charge >= 0.3 is 0 Å². The van der Waals surface area contributed by atoms with Crippen LogP contribution < -0.4 is 20.3 Å². The van der Waals surface area contributed by atoms with E-state index in [0.29, 0.717) is 28.8 Å². The number of amides is 1. The zero-order chi connectivity index (χ0) is 23.3. The maximum Gasteiger partial charge on any atom is 0.248 e. The largest absolute Gasteiger partial charge is 0.437 e. The van der Waals surface area contributed by atoms with Crippen molar-refractivity contribution in [2.75, 3.05) is 41.8 Å². The van der Waals surface area contributed by atoms with Gasteiger partial charge in [-0.15, -0.1) is 5.10 Å². The Bertz CT molecular complexity index is 1310. The number of rotatable bonds is 7. The Morgan fingerprint density at radius 1 is 1.06 bits per heavy atom. The molecule has 172 valence electrons. The van der Waals surface area contributed by atoms with Gasteiger partial charge in [0.05, 0.1) is 13.2 Å². The molecule has 1 saturated heterocycles. The molecule has 0 spiro atoms. The summed E-state index contributed by atoms with van der Waals surface area (Å²) in [6, 6.07) is 19.0. The highest BCUT2D eigenvalue weighted by Crippen LogP contribution is 2.28. The number of fused-ring (bicyclic) bond motifs is 1. The van der Waals surface area contributed by atoms with Gasteiger partial charge in [0.1, 0.15) is 11.3 Å². The van der Waals surface area contributed by atoms with Gasteiger partial charge in [-0.3, -0.25) is 4.79 Å². The third kappa shape index (κ3) is 4.84. The molecular formula is C25H24N6O3. The van der Waals surface area contributed by atoms with E-state index in [2.05, 4.69) is 44.3 Å².